The number of phenolic OH excluding ortho intramolecular Hbond substituents is 1. The van der Waals surface area contributed by atoms with Crippen LogP contribution in [-0.4, -0.2) is 21.4 Å². The normalized spacial score (nSPS) is 10.8. The molecule has 18 heavy (non-hydrogen) atoms. The molecule has 2 N–H and O–H groups in total. The summed E-state index contributed by atoms with van der Waals surface area (Å²) in [4.78, 5) is 0. The quantitative estimate of drug-likeness (QED) is 0.814. The summed E-state index contributed by atoms with van der Waals surface area (Å²) in [5.41, 5.74) is 2.13. The van der Waals surface area contributed by atoms with Crippen molar-refractivity contribution in [1.82, 2.24) is 15.1 Å². The molecule has 5 heteroatoms. The summed E-state index contributed by atoms with van der Waals surface area (Å²) in [6.07, 6.45) is 2.84. The van der Waals surface area contributed by atoms with Gasteiger partial charge in [-0.25, -0.2) is 0 Å². The number of aromatic nitrogens is 2. The summed E-state index contributed by atoms with van der Waals surface area (Å²) in [6.45, 7) is 1.59. The Balaban J connectivity index is 1.76. The van der Waals surface area contributed by atoms with Crippen molar-refractivity contribution < 1.29 is 5.11 Å². The first kappa shape index (κ1) is 12.9. The van der Waals surface area contributed by atoms with E-state index in [0.29, 0.717) is 5.02 Å². The molecule has 0 atom stereocenters. The fraction of sp³-hybridized carbons (Fsp3) is 0.308. The van der Waals surface area contributed by atoms with Crippen molar-refractivity contribution >= 4 is 11.6 Å². The zero-order valence-corrected chi connectivity index (χ0v) is 11.0. The van der Waals surface area contributed by atoms with Gasteiger partial charge in [0, 0.05) is 32.8 Å². The van der Waals surface area contributed by atoms with E-state index >= 15 is 0 Å². The molecule has 0 amide bonds. The summed E-state index contributed by atoms with van der Waals surface area (Å²) in [7, 11) is 1.91. The van der Waals surface area contributed by atoms with Crippen LogP contribution in [0, 0.1) is 0 Å². The van der Waals surface area contributed by atoms with E-state index in [1.54, 1.807) is 16.8 Å². The minimum atomic E-state index is 0.119. The molecule has 0 spiro atoms. The fourth-order valence-electron chi connectivity index (χ4n) is 1.71. The molecule has 0 bridgehead atoms. The average molecular weight is 266 g/mol. The summed E-state index contributed by atoms with van der Waals surface area (Å²) >= 11 is 5.83. The van der Waals surface area contributed by atoms with Crippen LogP contribution in [0.5, 0.6) is 5.75 Å². The smallest absolute Gasteiger partial charge is 0.134 e. The molecular formula is C13H16ClN3O. The number of nitrogens with zero attached hydrogens (tertiary/aromatic N) is 2. The molecule has 2 aromatic rings. The number of nitrogens with one attached hydrogen (secondary N) is 1. The Morgan fingerprint density at radius 3 is 2.89 bits per heavy atom. The van der Waals surface area contributed by atoms with Crippen LogP contribution in [0.25, 0.3) is 0 Å². The maximum Gasteiger partial charge on any atom is 0.134 e. The van der Waals surface area contributed by atoms with Crippen molar-refractivity contribution in [3.8, 4) is 5.75 Å². The zero-order chi connectivity index (χ0) is 13.0. The van der Waals surface area contributed by atoms with Gasteiger partial charge in [0.05, 0.1) is 10.7 Å². The second-order valence-electron chi connectivity index (χ2n) is 4.19. The molecule has 0 unspecified atom stereocenters. The van der Waals surface area contributed by atoms with E-state index in [4.69, 9.17) is 11.6 Å². The maximum atomic E-state index is 9.30. The first-order valence-corrected chi connectivity index (χ1v) is 6.19. The van der Waals surface area contributed by atoms with Crippen molar-refractivity contribution in [3.63, 3.8) is 0 Å². The molecule has 0 saturated carbocycles. The van der Waals surface area contributed by atoms with E-state index in [-0.39, 0.29) is 5.75 Å². The number of aromatic hydroxyl groups is 1. The highest BCUT2D eigenvalue weighted by molar-refractivity contribution is 6.32. The molecule has 1 aromatic carbocycles. The maximum absolute atomic E-state index is 9.30. The molecule has 0 aliphatic rings. The van der Waals surface area contributed by atoms with Gasteiger partial charge in [0.15, 0.2) is 0 Å². The standard InChI is InChI=1S/C13H16ClN3O/c1-17-7-5-11(16-17)4-6-15-9-10-2-3-13(18)12(14)8-10/h2-3,5,7-8,15,18H,4,6,9H2,1H3. The zero-order valence-electron chi connectivity index (χ0n) is 10.2. The third-order valence-electron chi connectivity index (χ3n) is 2.67. The third kappa shape index (κ3) is 3.48. The topological polar surface area (TPSA) is 50.1 Å². The van der Waals surface area contributed by atoms with Crippen molar-refractivity contribution in [2.45, 2.75) is 13.0 Å². The molecule has 0 fully saturated rings. The molecule has 1 heterocycles. The van der Waals surface area contributed by atoms with Crippen LogP contribution in [-0.2, 0) is 20.0 Å². The van der Waals surface area contributed by atoms with Crippen LogP contribution in [0.3, 0.4) is 0 Å². The van der Waals surface area contributed by atoms with Crippen molar-refractivity contribution in [3.05, 3.63) is 46.7 Å². The largest absolute Gasteiger partial charge is 0.506 e. The number of aryl methyl sites for hydroxylation is 1. The van der Waals surface area contributed by atoms with Gasteiger partial charge < -0.3 is 10.4 Å². The fourth-order valence-corrected chi connectivity index (χ4v) is 1.91. The van der Waals surface area contributed by atoms with Crippen molar-refractivity contribution in [2.75, 3.05) is 6.54 Å². The second kappa shape index (κ2) is 5.89. The molecule has 0 aliphatic heterocycles. The van der Waals surface area contributed by atoms with E-state index in [9.17, 15) is 5.11 Å². The lowest BCUT2D eigenvalue weighted by atomic mass is 10.2. The van der Waals surface area contributed by atoms with Gasteiger partial charge in [0.1, 0.15) is 5.75 Å². The predicted octanol–water partition coefficient (Wildman–Crippen LogP) is 2.11. The number of phenols is 1. The van der Waals surface area contributed by atoms with Gasteiger partial charge in [-0.3, -0.25) is 4.68 Å². The second-order valence-corrected chi connectivity index (χ2v) is 4.60. The number of benzene rings is 1. The molecule has 0 radical (unpaired) electrons. The highest BCUT2D eigenvalue weighted by Crippen LogP contribution is 2.23. The minimum Gasteiger partial charge on any atom is -0.506 e. The lowest BCUT2D eigenvalue weighted by molar-refractivity contribution is 0.475. The average Bonchev–Trinajstić information content (AvgIpc) is 2.75. The van der Waals surface area contributed by atoms with E-state index < -0.39 is 0 Å². The minimum absolute atomic E-state index is 0.119. The first-order valence-electron chi connectivity index (χ1n) is 5.82. The van der Waals surface area contributed by atoms with Gasteiger partial charge in [-0.05, 0) is 23.8 Å². The molecular weight excluding hydrogens is 250 g/mol. The van der Waals surface area contributed by atoms with Gasteiger partial charge >= 0.3 is 0 Å². The van der Waals surface area contributed by atoms with Crippen molar-refractivity contribution in [1.29, 1.82) is 0 Å². The van der Waals surface area contributed by atoms with Gasteiger partial charge in [-0.1, -0.05) is 17.7 Å². The van der Waals surface area contributed by atoms with E-state index in [0.717, 1.165) is 30.8 Å². The van der Waals surface area contributed by atoms with Crippen LogP contribution >= 0.6 is 11.6 Å². The molecule has 1 aromatic heterocycles. The van der Waals surface area contributed by atoms with Gasteiger partial charge in [-0.15, -0.1) is 0 Å². The lowest BCUT2D eigenvalue weighted by Crippen LogP contribution is -2.16. The summed E-state index contributed by atoms with van der Waals surface area (Å²) in [5, 5.41) is 17.3. The number of hydrogen-bond acceptors (Lipinski definition) is 3. The van der Waals surface area contributed by atoms with Gasteiger partial charge in [0.2, 0.25) is 0 Å². The SMILES string of the molecule is Cn1ccc(CCNCc2ccc(O)c(Cl)c2)n1. The third-order valence-corrected chi connectivity index (χ3v) is 2.97. The highest BCUT2D eigenvalue weighted by atomic mass is 35.5. The van der Waals surface area contributed by atoms with Crippen LogP contribution < -0.4 is 5.32 Å². The lowest BCUT2D eigenvalue weighted by Gasteiger charge is -2.05. The molecule has 96 valence electrons. The van der Waals surface area contributed by atoms with Crippen LogP contribution in [0.15, 0.2) is 30.5 Å². The highest BCUT2D eigenvalue weighted by Gasteiger charge is 2.00. The molecule has 0 saturated heterocycles. The summed E-state index contributed by atoms with van der Waals surface area (Å²) < 4.78 is 1.80. The van der Waals surface area contributed by atoms with Crippen molar-refractivity contribution in [2.24, 2.45) is 7.05 Å². The Morgan fingerprint density at radius 2 is 2.22 bits per heavy atom. The van der Waals surface area contributed by atoms with E-state index in [1.807, 2.05) is 25.4 Å². The molecule has 4 nitrogen and oxygen atoms in total. The van der Waals surface area contributed by atoms with Gasteiger partial charge in [-0.2, -0.15) is 5.10 Å². The van der Waals surface area contributed by atoms with Crippen LogP contribution in [0.2, 0.25) is 5.02 Å². The Bertz CT molecular complexity index is 525. The summed E-state index contributed by atoms with van der Waals surface area (Å²) in [5.74, 6) is 0.119. The van der Waals surface area contributed by atoms with E-state index in [2.05, 4.69) is 10.4 Å². The Kier molecular flexibility index (Phi) is 4.23. The Morgan fingerprint density at radius 1 is 1.39 bits per heavy atom. The van der Waals surface area contributed by atoms with Crippen LogP contribution in [0.1, 0.15) is 11.3 Å². The Hall–Kier alpha value is -1.52. The van der Waals surface area contributed by atoms with Crippen LogP contribution in [0.4, 0.5) is 0 Å². The number of rotatable bonds is 5. The van der Waals surface area contributed by atoms with E-state index in [1.165, 1.54) is 0 Å². The predicted molar refractivity (Wildman–Crippen MR) is 71.7 cm³/mol. The number of hydrogen-bond donors (Lipinski definition) is 2. The summed E-state index contributed by atoms with van der Waals surface area (Å²) in [6, 6.07) is 7.25. The number of halogens is 1. The monoisotopic (exact) mass is 265 g/mol. The van der Waals surface area contributed by atoms with Gasteiger partial charge in [0.25, 0.3) is 0 Å². The molecule has 0 aliphatic carbocycles. The first-order chi connectivity index (χ1) is 8.65. The molecule has 2 rings (SSSR count). The Labute approximate surface area is 111 Å².